The van der Waals surface area contributed by atoms with Gasteiger partial charge in [-0.25, -0.2) is 4.79 Å². The number of thioether (sulfide) groups is 1. The predicted molar refractivity (Wildman–Crippen MR) is 172 cm³/mol. The van der Waals surface area contributed by atoms with Crippen LogP contribution in [0.25, 0.3) is 0 Å². The zero-order valence-electron chi connectivity index (χ0n) is 25.2. The van der Waals surface area contributed by atoms with Gasteiger partial charge < -0.3 is 30.0 Å². The summed E-state index contributed by atoms with van der Waals surface area (Å²) in [5.41, 5.74) is 3.56. The molecule has 3 N–H and O–H groups in total. The lowest BCUT2D eigenvalue weighted by molar-refractivity contribution is -0.245. The number of rotatable bonds is 9. The van der Waals surface area contributed by atoms with Gasteiger partial charge in [-0.1, -0.05) is 48.5 Å². The maximum Gasteiger partial charge on any atom is 0.319 e. The molecule has 8 heteroatoms. The number of nitrogens with one attached hydrogen (secondary N) is 2. The highest BCUT2D eigenvalue weighted by Gasteiger charge is 2.51. The highest BCUT2D eigenvalue weighted by atomic mass is 32.2. The van der Waals surface area contributed by atoms with Crippen LogP contribution < -0.4 is 15.4 Å². The van der Waals surface area contributed by atoms with Crippen molar-refractivity contribution >= 4 is 23.5 Å². The number of benzene rings is 3. The average molecular weight is 615 g/mol. The van der Waals surface area contributed by atoms with E-state index < -0.39 is 6.29 Å². The maximum atomic E-state index is 13.1. The van der Waals surface area contributed by atoms with Crippen LogP contribution in [0.3, 0.4) is 0 Å². The third kappa shape index (κ3) is 6.50. The van der Waals surface area contributed by atoms with Gasteiger partial charge in [0, 0.05) is 33.9 Å². The van der Waals surface area contributed by atoms with Gasteiger partial charge in [-0.05, 0) is 91.7 Å². The van der Waals surface area contributed by atoms with Crippen LogP contribution in [0.5, 0.6) is 5.75 Å². The molecule has 5 aliphatic rings. The van der Waals surface area contributed by atoms with Crippen LogP contribution in [0.1, 0.15) is 74.0 Å². The average Bonchev–Trinajstić information content (AvgIpc) is 3.03. The summed E-state index contributed by atoms with van der Waals surface area (Å²) >= 11 is 1.72. The lowest BCUT2D eigenvalue weighted by Crippen LogP contribution is -2.60. The number of methoxy groups -OCH3 is 1. The Kier molecular flexibility index (Phi) is 8.60. The summed E-state index contributed by atoms with van der Waals surface area (Å²) in [6.07, 6.45) is 7.37. The number of hydrogen-bond acceptors (Lipinski definition) is 6. The van der Waals surface area contributed by atoms with Crippen LogP contribution in [0.4, 0.5) is 10.5 Å². The molecule has 5 fully saturated rings. The number of ether oxygens (including phenoxy) is 3. The van der Waals surface area contributed by atoms with E-state index in [9.17, 15) is 9.90 Å². The Labute approximate surface area is 264 Å². The molecule has 0 unspecified atom stereocenters. The van der Waals surface area contributed by atoms with E-state index in [4.69, 9.17) is 14.2 Å². The summed E-state index contributed by atoms with van der Waals surface area (Å²) in [6, 6.07) is 23.7. The van der Waals surface area contributed by atoms with Crippen LogP contribution in [0.2, 0.25) is 0 Å². The van der Waals surface area contributed by atoms with Crippen molar-refractivity contribution in [2.45, 2.75) is 80.5 Å². The number of carbonyl (C=O) groups is 1. The number of aliphatic hydroxyl groups excluding tert-OH is 1. The molecule has 3 aromatic rings. The molecule has 232 valence electrons. The smallest absolute Gasteiger partial charge is 0.319 e. The van der Waals surface area contributed by atoms with Crippen molar-refractivity contribution in [1.82, 2.24) is 5.32 Å². The summed E-state index contributed by atoms with van der Waals surface area (Å²) in [5.74, 6) is 3.95. The lowest BCUT2D eigenvalue weighted by Gasteiger charge is -2.56. The molecule has 1 saturated heterocycles. The Hall–Kier alpha value is -3.04. The molecule has 0 aromatic heterocycles. The first kappa shape index (κ1) is 29.7. The van der Waals surface area contributed by atoms with Crippen LogP contribution >= 0.6 is 11.8 Å². The Balaban J connectivity index is 1.03. The number of para-hydroxylation sites is 1. The second kappa shape index (κ2) is 12.8. The van der Waals surface area contributed by atoms with Gasteiger partial charge in [0.2, 0.25) is 0 Å². The Morgan fingerprint density at radius 3 is 2.20 bits per heavy atom. The van der Waals surface area contributed by atoms with E-state index in [1.165, 1.54) is 19.3 Å². The molecule has 4 aliphatic carbocycles. The fourth-order valence-corrected chi connectivity index (χ4v) is 9.38. The number of anilines is 1. The SMILES string of the molecule is COc1ccccc1SC[C@H]1C[C@@H](c2ccc(CO)cc2)O[C@@H](c2ccc(NC(=O)NC34CC5CC(CC(C5)C3)C4)cc2)O1. The topological polar surface area (TPSA) is 89.0 Å². The number of aliphatic hydroxyl groups is 1. The van der Waals surface area contributed by atoms with Crippen LogP contribution in [0.15, 0.2) is 77.7 Å². The zero-order valence-corrected chi connectivity index (χ0v) is 26.1. The normalized spacial score (nSPS) is 30.6. The number of amides is 2. The van der Waals surface area contributed by atoms with E-state index >= 15 is 0 Å². The Morgan fingerprint density at radius 1 is 0.886 bits per heavy atom. The fourth-order valence-electron chi connectivity index (χ4n) is 8.33. The summed E-state index contributed by atoms with van der Waals surface area (Å²) in [5, 5.41) is 16.0. The standard InChI is InChI=1S/C36H42N2O5S/c1-41-31-4-2-3-5-33(31)44-22-30-17-32(27-8-6-23(21-39)7-9-27)43-34(42-30)28-10-12-29(13-11-28)37-35(40)38-36-18-24-14-25(19-36)16-26(15-24)20-36/h2-13,24-26,30,32,34,39H,14-22H2,1H3,(H2,37,38,40)/t24?,25?,26?,30-,32+,34+,36?/m1/s1. The van der Waals surface area contributed by atoms with Crippen molar-refractivity contribution in [2.75, 3.05) is 18.2 Å². The van der Waals surface area contributed by atoms with Gasteiger partial charge in [0.05, 0.1) is 25.9 Å². The minimum atomic E-state index is -0.551. The van der Waals surface area contributed by atoms with E-state index in [1.54, 1.807) is 18.9 Å². The molecular formula is C36H42N2O5S. The molecule has 44 heavy (non-hydrogen) atoms. The van der Waals surface area contributed by atoms with Gasteiger partial charge in [0.15, 0.2) is 6.29 Å². The van der Waals surface area contributed by atoms with Gasteiger partial charge in [0.1, 0.15) is 5.75 Å². The van der Waals surface area contributed by atoms with Crippen molar-refractivity contribution in [1.29, 1.82) is 0 Å². The van der Waals surface area contributed by atoms with Crippen molar-refractivity contribution in [3.8, 4) is 5.75 Å². The van der Waals surface area contributed by atoms with Gasteiger partial charge >= 0.3 is 6.03 Å². The first-order valence-electron chi connectivity index (χ1n) is 15.9. The number of carbonyl (C=O) groups excluding carboxylic acids is 1. The van der Waals surface area contributed by atoms with Gasteiger partial charge in [-0.15, -0.1) is 11.8 Å². The second-order valence-electron chi connectivity index (χ2n) is 13.2. The largest absolute Gasteiger partial charge is 0.496 e. The summed E-state index contributed by atoms with van der Waals surface area (Å²) in [6.45, 7) is 0.0106. The molecule has 3 atom stereocenters. The molecule has 4 bridgehead atoms. The van der Waals surface area contributed by atoms with Crippen LogP contribution in [-0.4, -0.2) is 35.6 Å². The third-order valence-electron chi connectivity index (χ3n) is 9.97. The van der Waals surface area contributed by atoms with Crippen molar-refractivity contribution < 1.29 is 24.1 Å². The molecule has 1 heterocycles. The fraction of sp³-hybridized carbons (Fsp3) is 0.472. The molecule has 1 aliphatic heterocycles. The minimum absolute atomic E-state index is 0.0106. The van der Waals surface area contributed by atoms with E-state index in [0.717, 1.165) is 75.8 Å². The molecule has 7 nitrogen and oxygen atoms in total. The predicted octanol–water partition coefficient (Wildman–Crippen LogP) is 7.62. The monoisotopic (exact) mass is 614 g/mol. The van der Waals surface area contributed by atoms with Crippen molar-refractivity contribution in [3.63, 3.8) is 0 Å². The number of hydrogen-bond donors (Lipinski definition) is 3. The van der Waals surface area contributed by atoms with Gasteiger partial charge in [-0.2, -0.15) is 0 Å². The zero-order chi connectivity index (χ0) is 30.1. The number of urea groups is 1. The molecule has 8 rings (SSSR count). The molecule has 0 radical (unpaired) electrons. The Bertz CT molecular complexity index is 1410. The van der Waals surface area contributed by atoms with Gasteiger partial charge in [0.25, 0.3) is 0 Å². The summed E-state index contributed by atoms with van der Waals surface area (Å²) in [7, 11) is 1.69. The molecule has 4 saturated carbocycles. The van der Waals surface area contributed by atoms with E-state index in [-0.39, 0.29) is 30.4 Å². The summed E-state index contributed by atoms with van der Waals surface area (Å²) in [4.78, 5) is 14.2. The van der Waals surface area contributed by atoms with E-state index in [0.29, 0.717) is 6.42 Å². The van der Waals surface area contributed by atoms with Crippen LogP contribution in [0, 0.1) is 17.8 Å². The van der Waals surface area contributed by atoms with Crippen molar-refractivity contribution in [2.24, 2.45) is 17.8 Å². The second-order valence-corrected chi connectivity index (χ2v) is 14.3. The maximum absolute atomic E-state index is 13.1. The molecular weight excluding hydrogens is 572 g/mol. The quantitative estimate of drug-likeness (QED) is 0.215. The highest BCUT2D eigenvalue weighted by Crippen LogP contribution is 2.55. The molecule has 2 amide bonds. The first-order valence-corrected chi connectivity index (χ1v) is 16.9. The first-order chi connectivity index (χ1) is 21.5. The molecule has 3 aromatic carbocycles. The van der Waals surface area contributed by atoms with Crippen LogP contribution in [-0.2, 0) is 16.1 Å². The van der Waals surface area contributed by atoms with Crippen molar-refractivity contribution in [3.05, 3.63) is 89.5 Å². The highest BCUT2D eigenvalue weighted by molar-refractivity contribution is 7.99. The van der Waals surface area contributed by atoms with E-state index in [2.05, 4.69) is 16.7 Å². The lowest BCUT2D eigenvalue weighted by atomic mass is 9.53. The van der Waals surface area contributed by atoms with Gasteiger partial charge in [-0.3, -0.25) is 0 Å². The summed E-state index contributed by atoms with van der Waals surface area (Å²) < 4.78 is 18.6. The minimum Gasteiger partial charge on any atom is -0.496 e. The third-order valence-corrected chi connectivity index (χ3v) is 11.2. The Morgan fingerprint density at radius 2 is 1.55 bits per heavy atom. The molecule has 0 spiro atoms. The van der Waals surface area contributed by atoms with E-state index in [1.807, 2.05) is 66.7 Å².